The number of nitrogens with one attached hydrogen (secondary N) is 2. The lowest BCUT2D eigenvalue weighted by Gasteiger charge is -2.29. The molecule has 1 fully saturated rings. The lowest BCUT2D eigenvalue weighted by Crippen LogP contribution is -2.47. The van der Waals surface area contributed by atoms with Gasteiger partial charge in [-0.15, -0.1) is 0 Å². The van der Waals surface area contributed by atoms with Crippen molar-refractivity contribution in [2.45, 2.75) is 88.2 Å². The molecule has 9 heteroatoms. The fraction of sp³-hybridized carbons (Fsp3) is 0.467. The van der Waals surface area contributed by atoms with Crippen molar-refractivity contribution in [3.8, 4) is 0 Å². The Morgan fingerprint density at radius 3 is 2.33 bits per heavy atom. The van der Waals surface area contributed by atoms with Gasteiger partial charge in [0, 0.05) is 30.6 Å². The molecule has 0 aromatic heterocycles. The maximum absolute atomic E-state index is 13.4. The average Bonchev–Trinajstić information content (AvgIpc) is 3.75. The molecule has 0 bridgehead atoms. The summed E-state index contributed by atoms with van der Waals surface area (Å²) in [6.07, 6.45) is 10.1. The van der Waals surface area contributed by atoms with E-state index >= 15 is 0 Å². The summed E-state index contributed by atoms with van der Waals surface area (Å²) in [6.45, 7) is 2.61. The van der Waals surface area contributed by atoms with Crippen molar-refractivity contribution < 1.29 is 18.0 Å². The first-order valence-corrected chi connectivity index (χ1v) is 15.7. The van der Waals surface area contributed by atoms with Crippen LogP contribution in [0.4, 0.5) is 0 Å². The minimum atomic E-state index is -3.51. The maximum atomic E-state index is 13.4. The van der Waals surface area contributed by atoms with Crippen molar-refractivity contribution in [3.63, 3.8) is 0 Å². The first-order chi connectivity index (χ1) is 18.7. The SMILES string of the molecule is C[C@H](C(=O)NCCC1=CCCCC1)N(Cc1ccc(Cl)cc1)C(=O)CCc1ccc(S(=O)(=O)NC2CC2)cc1. The van der Waals surface area contributed by atoms with Crippen molar-refractivity contribution in [1.29, 1.82) is 0 Å². The molecule has 0 radical (unpaired) electrons. The van der Waals surface area contributed by atoms with Gasteiger partial charge in [0.2, 0.25) is 21.8 Å². The third kappa shape index (κ3) is 8.92. The third-order valence-corrected chi connectivity index (χ3v) is 9.11. The summed E-state index contributed by atoms with van der Waals surface area (Å²) in [7, 11) is -3.51. The van der Waals surface area contributed by atoms with Gasteiger partial charge in [-0.1, -0.05) is 47.5 Å². The topological polar surface area (TPSA) is 95.6 Å². The minimum absolute atomic E-state index is 0.0439. The number of carbonyl (C=O) groups is 2. The van der Waals surface area contributed by atoms with Gasteiger partial charge in [-0.25, -0.2) is 13.1 Å². The summed E-state index contributed by atoms with van der Waals surface area (Å²) in [6, 6.07) is 13.3. The number of nitrogens with zero attached hydrogens (tertiary/aromatic N) is 1. The van der Waals surface area contributed by atoms with Crippen LogP contribution in [0.25, 0.3) is 0 Å². The number of rotatable bonds is 13. The highest BCUT2D eigenvalue weighted by Crippen LogP contribution is 2.23. The van der Waals surface area contributed by atoms with Gasteiger partial charge in [-0.2, -0.15) is 0 Å². The van der Waals surface area contributed by atoms with Crippen LogP contribution in [0.1, 0.15) is 69.4 Å². The summed E-state index contributed by atoms with van der Waals surface area (Å²) in [5, 5.41) is 3.62. The zero-order valence-electron chi connectivity index (χ0n) is 22.5. The standard InChI is InChI=1S/C30H38ClN3O4S/c1-22(30(36)32-20-19-23-5-3-2-4-6-23)34(21-25-7-12-26(31)13-8-25)29(35)18-11-24-9-16-28(17-10-24)39(37,38)33-27-14-15-27/h5,7-10,12-13,16-17,22,27,33H,2-4,6,11,14-15,18-21H2,1H3,(H,32,36)/t22-/m1/s1. The Balaban J connectivity index is 1.37. The summed E-state index contributed by atoms with van der Waals surface area (Å²) < 4.78 is 27.5. The van der Waals surface area contributed by atoms with E-state index in [-0.39, 0.29) is 29.2 Å². The van der Waals surface area contributed by atoms with E-state index < -0.39 is 16.1 Å². The van der Waals surface area contributed by atoms with Crippen LogP contribution in [0.5, 0.6) is 0 Å². The predicted octanol–water partition coefficient (Wildman–Crippen LogP) is 5.14. The van der Waals surface area contributed by atoms with Crippen molar-refractivity contribution in [2.24, 2.45) is 0 Å². The Kier molecular flexibility index (Phi) is 10.2. The Morgan fingerprint density at radius 1 is 1.00 bits per heavy atom. The van der Waals surface area contributed by atoms with Crippen molar-refractivity contribution in [1.82, 2.24) is 14.9 Å². The van der Waals surface area contributed by atoms with E-state index in [0.29, 0.717) is 24.5 Å². The molecule has 0 aliphatic heterocycles. The second kappa shape index (κ2) is 13.6. The lowest BCUT2D eigenvalue weighted by atomic mass is 9.97. The molecule has 7 nitrogen and oxygen atoms in total. The number of carbonyl (C=O) groups excluding carboxylic acids is 2. The van der Waals surface area contributed by atoms with Crippen LogP contribution < -0.4 is 10.0 Å². The lowest BCUT2D eigenvalue weighted by molar-refractivity contribution is -0.140. The molecule has 1 saturated carbocycles. The molecule has 2 aliphatic carbocycles. The first kappa shape index (κ1) is 29.3. The second-order valence-electron chi connectivity index (χ2n) is 10.5. The number of halogens is 1. The summed E-state index contributed by atoms with van der Waals surface area (Å²) >= 11 is 6.04. The van der Waals surface area contributed by atoms with E-state index in [2.05, 4.69) is 16.1 Å². The molecule has 2 aromatic rings. The molecule has 0 heterocycles. The molecular formula is C30H38ClN3O4S. The molecule has 0 saturated heterocycles. The second-order valence-corrected chi connectivity index (χ2v) is 12.7. The Hall–Kier alpha value is -2.68. The highest BCUT2D eigenvalue weighted by Gasteiger charge is 2.28. The van der Waals surface area contributed by atoms with Gasteiger partial charge in [0.1, 0.15) is 6.04 Å². The molecule has 2 aromatic carbocycles. The van der Waals surface area contributed by atoms with Crippen LogP contribution in [0.15, 0.2) is 65.1 Å². The third-order valence-electron chi connectivity index (χ3n) is 7.32. The molecule has 0 spiro atoms. The Bertz CT molecular complexity index is 1270. The van der Waals surface area contributed by atoms with E-state index in [9.17, 15) is 18.0 Å². The van der Waals surface area contributed by atoms with Gasteiger partial charge in [-0.05, 0) is 93.7 Å². The Morgan fingerprint density at radius 2 is 1.69 bits per heavy atom. The fourth-order valence-electron chi connectivity index (χ4n) is 4.71. The van der Waals surface area contributed by atoms with Gasteiger partial charge in [-0.3, -0.25) is 9.59 Å². The number of benzene rings is 2. The van der Waals surface area contributed by atoms with Gasteiger partial charge in [0.15, 0.2) is 0 Å². The smallest absolute Gasteiger partial charge is 0.242 e. The molecule has 2 aliphatic rings. The zero-order valence-corrected chi connectivity index (χ0v) is 24.1. The maximum Gasteiger partial charge on any atom is 0.242 e. The minimum Gasteiger partial charge on any atom is -0.354 e. The number of amides is 2. The van der Waals surface area contributed by atoms with E-state index in [4.69, 9.17) is 11.6 Å². The molecular weight excluding hydrogens is 534 g/mol. The summed E-state index contributed by atoms with van der Waals surface area (Å²) in [5.74, 6) is -0.318. The number of sulfonamides is 1. The van der Waals surface area contributed by atoms with Crippen LogP contribution in [0, 0.1) is 0 Å². The number of allylic oxidation sites excluding steroid dienone is 1. The van der Waals surface area contributed by atoms with E-state index in [1.54, 1.807) is 48.2 Å². The quantitative estimate of drug-likeness (QED) is 0.326. The molecule has 2 amide bonds. The largest absolute Gasteiger partial charge is 0.354 e. The first-order valence-electron chi connectivity index (χ1n) is 13.8. The highest BCUT2D eigenvalue weighted by molar-refractivity contribution is 7.89. The van der Waals surface area contributed by atoms with Crippen LogP contribution in [-0.2, 0) is 32.6 Å². The van der Waals surface area contributed by atoms with Gasteiger partial charge in [0.25, 0.3) is 0 Å². The molecule has 2 N–H and O–H groups in total. The van der Waals surface area contributed by atoms with Crippen molar-refractivity contribution in [3.05, 3.63) is 76.3 Å². The van der Waals surface area contributed by atoms with Crippen LogP contribution in [0.3, 0.4) is 0 Å². The van der Waals surface area contributed by atoms with Gasteiger partial charge >= 0.3 is 0 Å². The van der Waals surface area contributed by atoms with Gasteiger partial charge < -0.3 is 10.2 Å². The normalized spacial score (nSPS) is 16.3. The number of aryl methyl sites for hydroxylation is 1. The van der Waals surface area contributed by atoms with E-state index in [1.807, 2.05) is 12.1 Å². The van der Waals surface area contributed by atoms with Crippen molar-refractivity contribution >= 4 is 33.4 Å². The fourth-order valence-corrected chi connectivity index (χ4v) is 6.14. The summed E-state index contributed by atoms with van der Waals surface area (Å²) in [5.41, 5.74) is 3.14. The van der Waals surface area contributed by atoms with Crippen LogP contribution >= 0.6 is 11.6 Å². The molecule has 1 atom stereocenters. The monoisotopic (exact) mass is 571 g/mol. The molecule has 4 rings (SSSR count). The van der Waals surface area contributed by atoms with Gasteiger partial charge in [0.05, 0.1) is 4.90 Å². The highest BCUT2D eigenvalue weighted by atomic mass is 35.5. The van der Waals surface area contributed by atoms with E-state index in [1.165, 1.54) is 18.4 Å². The van der Waals surface area contributed by atoms with Crippen LogP contribution in [0.2, 0.25) is 5.02 Å². The summed E-state index contributed by atoms with van der Waals surface area (Å²) in [4.78, 5) is 28.3. The number of hydrogen-bond donors (Lipinski definition) is 2. The molecule has 39 heavy (non-hydrogen) atoms. The molecule has 210 valence electrons. The zero-order chi connectivity index (χ0) is 27.8. The molecule has 0 unspecified atom stereocenters. The Labute approximate surface area is 237 Å². The predicted molar refractivity (Wildman–Crippen MR) is 154 cm³/mol. The van der Waals surface area contributed by atoms with E-state index in [0.717, 1.165) is 43.2 Å². The average molecular weight is 572 g/mol. The number of hydrogen-bond acceptors (Lipinski definition) is 4. The van der Waals surface area contributed by atoms with Crippen LogP contribution in [-0.4, -0.2) is 43.8 Å². The van der Waals surface area contributed by atoms with Crippen molar-refractivity contribution in [2.75, 3.05) is 6.54 Å².